The van der Waals surface area contributed by atoms with E-state index in [-0.39, 0.29) is 12.5 Å². The number of aliphatic hydroxyl groups excluding tert-OH is 5. The molecule has 1 rings (SSSR count). The number of carbonyl (C=O) groups excluding carboxylic acids is 1. The fourth-order valence-corrected chi connectivity index (χ4v) is 10.0. The third kappa shape index (κ3) is 40.1. The molecule has 7 unspecified atom stereocenters. The molecule has 1 fully saturated rings. The molecule has 69 heavy (non-hydrogen) atoms. The van der Waals surface area contributed by atoms with Crippen LogP contribution in [0.3, 0.4) is 0 Å². The number of rotatable bonds is 53. The molecule has 7 atom stereocenters. The maximum Gasteiger partial charge on any atom is 0.220 e. The molecule has 9 nitrogen and oxygen atoms in total. The van der Waals surface area contributed by atoms with Gasteiger partial charge in [0.25, 0.3) is 0 Å². The number of hydrogen-bond acceptors (Lipinski definition) is 8. The number of amides is 1. The maximum absolute atomic E-state index is 13.1. The van der Waals surface area contributed by atoms with Crippen LogP contribution in [0.2, 0.25) is 0 Å². The third-order valence-electron chi connectivity index (χ3n) is 14.9. The van der Waals surface area contributed by atoms with Gasteiger partial charge in [-0.15, -0.1) is 0 Å². The standard InChI is InChI=1S/C60H117NO8/c1-3-5-7-9-11-13-15-17-19-21-23-25-27-28-30-32-34-36-38-40-42-44-46-48-50-56(64)61-53(52-68-60-59(67)58(66)57(65)55(51-62)69-60)54(63)49-47-45-43-41-39-37-35-33-31-29-26-24-22-20-18-16-14-12-10-8-6-4-2/h47,49,53-55,57-60,62-63,65-67H,3-46,48,50-52H2,1-2H3,(H,61,64)/b49-47+. The molecule has 410 valence electrons. The zero-order valence-electron chi connectivity index (χ0n) is 45.6. The van der Waals surface area contributed by atoms with Gasteiger partial charge >= 0.3 is 0 Å². The zero-order valence-corrected chi connectivity index (χ0v) is 45.6. The van der Waals surface area contributed by atoms with Gasteiger partial charge in [-0.05, 0) is 19.3 Å². The summed E-state index contributed by atoms with van der Waals surface area (Å²) < 4.78 is 11.3. The van der Waals surface area contributed by atoms with Crippen molar-refractivity contribution in [1.82, 2.24) is 5.32 Å². The smallest absolute Gasteiger partial charge is 0.220 e. The highest BCUT2D eigenvalue weighted by molar-refractivity contribution is 5.76. The molecular formula is C60H117NO8. The summed E-state index contributed by atoms with van der Waals surface area (Å²) in [4.78, 5) is 13.1. The average molecular weight is 981 g/mol. The van der Waals surface area contributed by atoms with Crippen LogP contribution >= 0.6 is 0 Å². The molecule has 0 bridgehead atoms. The lowest BCUT2D eigenvalue weighted by atomic mass is 9.99. The van der Waals surface area contributed by atoms with Gasteiger partial charge in [0.1, 0.15) is 24.4 Å². The first kappa shape index (κ1) is 65.9. The lowest BCUT2D eigenvalue weighted by Gasteiger charge is -2.40. The van der Waals surface area contributed by atoms with Gasteiger partial charge in [-0.3, -0.25) is 4.79 Å². The summed E-state index contributed by atoms with van der Waals surface area (Å²) in [6, 6.07) is -0.801. The van der Waals surface area contributed by atoms with Gasteiger partial charge in [-0.1, -0.05) is 296 Å². The number of aliphatic hydroxyl groups is 5. The van der Waals surface area contributed by atoms with E-state index in [2.05, 4.69) is 19.2 Å². The Morgan fingerprint density at radius 1 is 0.478 bits per heavy atom. The number of hydrogen-bond donors (Lipinski definition) is 6. The van der Waals surface area contributed by atoms with Crippen LogP contribution in [0, 0.1) is 0 Å². The fourth-order valence-electron chi connectivity index (χ4n) is 10.0. The van der Waals surface area contributed by atoms with E-state index in [1.54, 1.807) is 6.08 Å². The summed E-state index contributed by atoms with van der Waals surface area (Å²) in [7, 11) is 0. The lowest BCUT2D eigenvalue weighted by Crippen LogP contribution is -2.60. The van der Waals surface area contributed by atoms with Crippen molar-refractivity contribution in [2.75, 3.05) is 13.2 Å². The second-order valence-corrected chi connectivity index (χ2v) is 21.5. The van der Waals surface area contributed by atoms with E-state index in [1.165, 1.54) is 250 Å². The number of carbonyl (C=O) groups is 1. The van der Waals surface area contributed by atoms with Crippen molar-refractivity contribution >= 4 is 5.91 Å². The van der Waals surface area contributed by atoms with Gasteiger partial charge in [0.05, 0.1) is 25.4 Å². The molecule has 0 aromatic carbocycles. The number of nitrogens with one attached hydrogen (secondary N) is 1. The van der Waals surface area contributed by atoms with Crippen molar-refractivity contribution in [3.8, 4) is 0 Å². The van der Waals surface area contributed by atoms with Crippen molar-refractivity contribution in [3.63, 3.8) is 0 Å². The summed E-state index contributed by atoms with van der Waals surface area (Å²) in [6.07, 6.45) is 55.7. The SMILES string of the molecule is CCCCCCCCCCCCCCCCCCCCCC/C=C/C(O)C(COC1OC(CO)C(O)C(O)C1O)NC(=O)CCCCCCCCCCCCCCCCCCCCCCCCCC. The molecule has 1 aliphatic rings. The highest BCUT2D eigenvalue weighted by Crippen LogP contribution is 2.23. The summed E-state index contributed by atoms with van der Waals surface area (Å²) in [5.41, 5.74) is 0. The Bertz CT molecular complexity index is 1090. The highest BCUT2D eigenvalue weighted by atomic mass is 16.7. The summed E-state index contributed by atoms with van der Waals surface area (Å²) >= 11 is 0. The van der Waals surface area contributed by atoms with Crippen LogP contribution in [-0.4, -0.2) is 87.5 Å². The largest absolute Gasteiger partial charge is 0.394 e. The number of unbranched alkanes of at least 4 members (excludes halogenated alkanes) is 43. The van der Waals surface area contributed by atoms with Crippen LogP contribution in [0.4, 0.5) is 0 Å². The van der Waals surface area contributed by atoms with Crippen LogP contribution < -0.4 is 5.32 Å². The number of allylic oxidation sites excluding steroid dienone is 1. The number of ether oxygens (including phenoxy) is 2. The van der Waals surface area contributed by atoms with E-state index in [9.17, 15) is 30.3 Å². The van der Waals surface area contributed by atoms with E-state index in [0.717, 1.165) is 38.5 Å². The van der Waals surface area contributed by atoms with E-state index < -0.39 is 49.5 Å². The fraction of sp³-hybridized carbons (Fsp3) is 0.950. The monoisotopic (exact) mass is 980 g/mol. The molecule has 1 saturated heterocycles. The van der Waals surface area contributed by atoms with Crippen molar-refractivity contribution < 1.29 is 39.8 Å². The average Bonchev–Trinajstić information content (AvgIpc) is 3.35. The van der Waals surface area contributed by atoms with Gasteiger partial charge in [0, 0.05) is 6.42 Å². The first-order chi connectivity index (χ1) is 33.8. The molecule has 0 aliphatic carbocycles. The minimum atomic E-state index is -1.56. The van der Waals surface area contributed by atoms with Crippen LogP contribution in [-0.2, 0) is 14.3 Å². The Balaban J connectivity index is 2.19. The third-order valence-corrected chi connectivity index (χ3v) is 14.9. The second-order valence-electron chi connectivity index (χ2n) is 21.5. The quantitative estimate of drug-likeness (QED) is 0.0261. The van der Waals surface area contributed by atoms with Gasteiger partial charge in [0.2, 0.25) is 5.91 Å². The Morgan fingerprint density at radius 2 is 0.797 bits per heavy atom. The molecule has 0 aromatic heterocycles. The predicted molar refractivity (Wildman–Crippen MR) is 291 cm³/mol. The minimum absolute atomic E-state index is 0.169. The summed E-state index contributed by atoms with van der Waals surface area (Å²) in [6.45, 7) is 3.83. The van der Waals surface area contributed by atoms with Crippen molar-refractivity contribution in [2.45, 2.75) is 352 Å². The van der Waals surface area contributed by atoms with Crippen molar-refractivity contribution in [1.29, 1.82) is 0 Å². The molecule has 0 saturated carbocycles. The Hall–Kier alpha value is -1.07. The van der Waals surface area contributed by atoms with Crippen LogP contribution in [0.1, 0.15) is 309 Å². The van der Waals surface area contributed by atoms with Gasteiger partial charge < -0.3 is 40.3 Å². The topological polar surface area (TPSA) is 149 Å². The lowest BCUT2D eigenvalue weighted by molar-refractivity contribution is -0.302. The molecule has 0 aromatic rings. The van der Waals surface area contributed by atoms with E-state index in [1.807, 2.05) is 6.08 Å². The van der Waals surface area contributed by atoms with E-state index in [4.69, 9.17) is 9.47 Å². The van der Waals surface area contributed by atoms with Crippen molar-refractivity contribution in [3.05, 3.63) is 12.2 Å². The second kappa shape index (κ2) is 50.5. The first-order valence-corrected chi connectivity index (χ1v) is 30.4. The van der Waals surface area contributed by atoms with Gasteiger partial charge in [0.15, 0.2) is 6.29 Å². The predicted octanol–water partition coefficient (Wildman–Crippen LogP) is 15.2. The summed E-state index contributed by atoms with van der Waals surface area (Å²) in [5, 5.41) is 54.6. The van der Waals surface area contributed by atoms with Crippen LogP contribution in [0.5, 0.6) is 0 Å². The van der Waals surface area contributed by atoms with E-state index in [0.29, 0.717) is 6.42 Å². The van der Waals surface area contributed by atoms with Gasteiger partial charge in [-0.25, -0.2) is 0 Å². The molecular weight excluding hydrogens is 863 g/mol. The molecule has 1 amide bonds. The first-order valence-electron chi connectivity index (χ1n) is 30.4. The molecule has 0 spiro atoms. The highest BCUT2D eigenvalue weighted by Gasteiger charge is 2.44. The van der Waals surface area contributed by atoms with E-state index >= 15 is 0 Å². The molecule has 9 heteroatoms. The Labute approximate surface area is 426 Å². The van der Waals surface area contributed by atoms with Gasteiger partial charge in [-0.2, -0.15) is 0 Å². The van der Waals surface area contributed by atoms with Crippen LogP contribution in [0.25, 0.3) is 0 Å². The summed E-state index contributed by atoms with van der Waals surface area (Å²) in [5.74, 6) is -0.169. The maximum atomic E-state index is 13.1. The molecule has 0 radical (unpaired) electrons. The zero-order chi connectivity index (χ0) is 50.1. The van der Waals surface area contributed by atoms with Crippen molar-refractivity contribution in [2.24, 2.45) is 0 Å². The molecule has 1 heterocycles. The van der Waals surface area contributed by atoms with Crippen LogP contribution in [0.15, 0.2) is 12.2 Å². The Morgan fingerprint density at radius 3 is 1.13 bits per heavy atom. The molecule has 1 aliphatic heterocycles. The molecule has 6 N–H and O–H groups in total. The minimum Gasteiger partial charge on any atom is -0.394 e. The Kier molecular flexibility index (Phi) is 48.2. The normalized spacial score (nSPS) is 19.4.